The molecule has 0 saturated carbocycles. The molecule has 0 atom stereocenters. The van der Waals surface area contributed by atoms with Gasteiger partial charge in [0.15, 0.2) is 5.75 Å². The number of rotatable bonds is 10. The van der Waals surface area contributed by atoms with E-state index in [2.05, 4.69) is 301 Å². The van der Waals surface area contributed by atoms with Crippen molar-refractivity contribution in [3.63, 3.8) is 0 Å². The van der Waals surface area contributed by atoms with Gasteiger partial charge in [-0.15, -0.1) is 0 Å². The topological polar surface area (TPSA) is 15.7 Å². The van der Waals surface area contributed by atoms with Gasteiger partial charge in [0.05, 0.1) is 16.8 Å². The second-order valence-corrected chi connectivity index (χ2v) is 19.2. The van der Waals surface area contributed by atoms with E-state index in [1.54, 1.807) is 0 Å². The summed E-state index contributed by atoms with van der Waals surface area (Å²) < 4.78 is 7.46. The molecular formula is C71H48N2O. The molecule has 0 amide bonds. The Morgan fingerprint density at radius 1 is 0.284 bits per heavy atom. The van der Waals surface area contributed by atoms with E-state index < -0.39 is 5.41 Å². The molecule has 0 aromatic heterocycles. The number of anilines is 6. The van der Waals surface area contributed by atoms with E-state index in [1.807, 2.05) is 0 Å². The molecule has 12 aromatic rings. The molecule has 0 spiro atoms. The van der Waals surface area contributed by atoms with Crippen LogP contribution in [0.4, 0.5) is 34.1 Å². The van der Waals surface area contributed by atoms with Crippen LogP contribution < -0.4 is 14.5 Å². The van der Waals surface area contributed by atoms with Crippen molar-refractivity contribution in [2.45, 2.75) is 5.41 Å². The van der Waals surface area contributed by atoms with Crippen LogP contribution in [-0.2, 0) is 5.41 Å². The van der Waals surface area contributed by atoms with E-state index in [1.165, 1.54) is 44.5 Å². The summed E-state index contributed by atoms with van der Waals surface area (Å²) in [6.07, 6.45) is 0. The van der Waals surface area contributed by atoms with Gasteiger partial charge in [-0.2, -0.15) is 0 Å². The average Bonchev–Trinajstić information content (AvgIpc) is 3.78. The smallest absolute Gasteiger partial charge is 0.159 e. The Bertz CT molecular complexity index is 3930. The van der Waals surface area contributed by atoms with Crippen molar-refractivity contribution in [1.82, 2.24) is 0 Å². The first kappa shape index (κ1) is 43.1. The van der Waals surface area contributed by atoms with Gasteiger partial charge in [-0.1, -0.05) is 224 Å². The second kappa shape index (κ2) is 17.9. The molecule has 74 heavy (non-hydrogen) atoms. The van der Waals surface area contributed by atoms with E-state index in [0.29, 0.717) is 0 Å². The zero-order valence-electron chi connectivity index (χ0n) is 40.5. The van der Waals surface area contributed by atoms with Crippen LogP contribution in [0, 0.1) is 0 Å². The van der Waals surface area contributed by atoms with Crippen LogP contribution in [0.3, 0.4) is 0 Å². The predicted octanol–water partition coefficient (Wildman–Crippen LogP) is 19.2. The maximum Gasteiger partial charge on any atom is 0.159 e. The summed E-state index contributed by atoms with van der Waals surface area (Å²) in [6.45, 7) is 0. The van der Waals surface area contributed by atoms with Gasteiger partial charge in [-0.3, -0.25) is 0 Å². The Labute approximate surface area is 432 Å². The number of para-hydroxylation sites is 3. The number of hydrogen-bond donors (Lipinski definition) is 0. The van der Waals surface area contributed by atoms with Gasteiger partial charge in [-0.05, 0) is 127 Å². The van der Waals surface area contributed by atoms with Crippen molar-refractivity contribution in [3.8, 4) is 56.0 Å². The van der Waals surface area contributed by atoms with Crippen LogP contribution in [0.5, 0.6) is 11.5 Å². The van der Waals surface area contributed by atoms with E-state index in [9.17, 15) is 0 Å². The third kappa shape index (κ3) is 7.04. The fraction of sp³-hybridized carbons (Fsp3) is 0.0141. The highest BCUT2D eigenvalue weighted by atomic mass is 16.5. The second-order valence-electron chi connectivity index (χ2n) is 19.2. The largest absolute Gasteiger partial charge is 0.454 e. The standard InChI is InChI=1S/C71H48N2O/c1-6-20-49(21-7-1)50-36-38-51(39-37-50)52-40-42-58(43-41-52)73(59-44-45-62-61-31-16-17-34-65(61)71(66(62)47-59,54-23-8-2-9-24-54)55-25-10-3-11-26-55)67-35-19-33-64-63-32-18-22-53-46-60(48-68(69(53)63)74-70(64)67)72(56-27-12-4-13-28-56)57-29-14-5-15-30-57/h1-48H. The highest BCUT2D eigenvalue weighted by Gasteiger charge is 2.46. The summed E-state index contributed by atoms with van der Waals surface area (Å²) in [6, 6.07) is 105. The summed E-state index contributed by atoms with van der Waals surface area (Å²) in [4.78, 5) is 4.71. The lowest BCUT2D eigenvalue weighted by atomic mass is 9.67. The summed E-state index contributed by atoms with van der Waals surface area (Å²) in [5.41, 5.74) is 19.9. The molecule has 1 aliphatic carbocycles. The van der Waals surface area contributed by atoms with Gasteiger partial charge in [0, 0.05) is 39.8 Å². The minimum atomic E-state index is -0.577. The maximum atomic E-state index is 7.46. The van der Waals surface area contributed by atoms with Crippen molar-refractivity contribution < 1.29 is 4.74 Å². The van der Waals surface area contributed by atoms with Crippen LogP contribution in [0.25, 0.3) is 55.3 Å². The van der Waals surface area contributed by atoms with Gasteiger partial charge in [0.25, 0.3) is 0 Å². The average molecular weight is 945 g/mol. The number of benzene rings is 12. The Balaban J connectivity index is 0.964. The monoisotopic (exact) mass is 944 g/mol. The quantitative estimate of drug-likeness (QED) is 0.136. The highest BCUT2D eigenvalue weighted by Crippen LogP contribution is 2.59. The summed E-state index contributed by atoms with van der Waals surface area (Å²) in [5, 5.41) is 2.21. The van der Waals surface area contributed by atoms with E-state index in [-0.39, 0.29) is 0 Å². The maximum absolute atomic E-state index is 7.46. The Morgan fingerprint density at radius 2 is 0.757 bits per heavy atom. The first-order chi connectivity index (χ1) is 36.7. The van der Waals surface area contributed by atoms with Gasteiger partial charge < -0.3 is 14.5 Å². The van der Waals surface area contributed by atoms with Crippen molar-refractivity contribution in [3.05, 3.63) is 313 Å². The summed E-state index contributed by atoms with van der Waals surface area (Å²) >= 11 is 0. The first-order valence-electron chi connectivity index (χ1n) is 25.4. The molecule has 1 aliphatic heterocycles. The molecule has 1 heterocycles. The van der Waals surface area contributed by atoms with Crippen LogP contribution in [0.1, 0.15) is 22.3 Å². The molecule has 0 N–H and O–H groups in total. The zero-order valence-corrected chi connectivity index (χ0v) is 40.5. The molecule has 2 aliphatic rings. The van der Waals surface area contributed by atoms with E-state index >= 15 is 0 Å². The SMILES string of the molecule is c1ccc(-c2ccc(-c3ccc(N(c4ccc5c(c4)C(c4ccccc4)(c4ccccc4)c4ccccc4-5)c4cccc5c4Oc4cc(N(c6ccccc6)c6ccccc6)cc6cccc-5c46)cc3)cc2)cc1. The van der Waals surface area contributed by atoms with Crippen LogP contribution >= 0.6 is 0 Å². The Hall–Kier alpha value is -9.70. The van der Waals surface area contributed by atoms with Crippen molar-refractivity contribution in [2.24, 2.45) is 0 Å². The molecule has 0 fully saturated rings. The van der Waals surface area contributed by atoms with Crippen molar-refractivity contribution in [2.75, 3.05) is 9.80 Å². The zero-order chi connectivity index (χ0) is 49.0. The molecule has 348 valence electrons. The normalized spacial score (nSPS) is 12.5. The molecule has 12 aromatic carbocycles. The molecule has 0 bridgehead atoms. The molecule has 0 radical (unpaired) electrons. The Kier molecular flexibility index (Phi) is 10.4. The summed E-state index contributed by atoms with van der Waals surface area (Å²) in [5.74, 6) is 1.62. The third-order valence-corrected chi connectivity index (χ3v) is 15.1. The van der Waals surface area contributed by atoms with Gasteiger partial charge in [-0.25, -0.2) is 0 Å². The fourth-order valence-electron chi connectivity index (χ4n) is 11.8. The molecule has 0 unspecified atom stereocenters. The molecule has 14 rings (SSSR count). The third-order valence-electron chi connectivity index (χ3n) is 15.1. The van der Waals surface area contributed by atoms with Crippen LogP contribution in [0.2, 0.25) is 0 Å². The first-order valence-corrected chi connectivity index (χ1v) is 25.4. The van der Waals surface area contributed by atoms with Gasteiger partial charge in [0.1, 0.15) is 5.75 Å². The lowest BCUT2D eigenvalue weighted by molar-refractivity contribution is 0.488. The number of nitrogens with zero attached hydrogens (tertiary/aromatic N) is 2. The molecular weight excluding hydrogens is 897 g/mol. The van der Waals surface area contributed by atoms with E-state index in [4.69, 9.17) is 4.74 Å². The fourth-order valence-corrected chi connectivity index (χ4v) is 11.8. The minimum absolute atomic E-state index is 0.577. The number of fused-ring (bicyclic) bond motifs is 5. The molecule has 3 heteroatoms. The molecule has 3 nitrogen and oxygen atoms in total. The minimum Gasteiger partial charge on any atom is -0.454 e. The predicted molar refractivity (Wildman–Crippen MR) is 307 cm³/mol. The Morgan fingerprint density at radius 3 is 1.39 bits per heavy atom. The van der Waals surface area contributed by atoms with Crippen LogP contribution in [0.15, 0.2) is 291 Å². The van der Waals surface area contributed by atoms with Crippen molar-refractivity contribution in [1.29, 1.82) is 0 Å². The lowest BCUT2D eigenvalue weighted by Crippen LogP contribution is -2.28. The highest BCUT2D eigenvalue weighted by molar-refractivity contribution is 6.08. The van der Waals surface area contributed by atoms with Crippen molar-refractivity contribution >= 4 is 44.9 Å². The number of hydrogen-bond acceptors (Lipinski definition) is 3. The summed E-state index contributed by atoms with van der Waals surface area (Å²) in [7, 11) is 0. The lowest BCUT2D eigenvalue weighted by Gasteiger charge is -2.35. The molecule has 0 saturated heterocycles. The van der Waals surface area contributed by atoms with Gasteiger partial charge in [0.2, 0.25) is 0 Å². The van der Waals surface area contributed by atoms with Gasteiger partial charge >= 0.3 is 0 Å². The van der Waals surface area contributed by atoms with Crippen LogP contribution in [-0.4, -0.2) is 0 Å². The van der Waals surface area contributed by atoms with E-state index in [0.717, 1.165) is 78.6 Å². The number of ether oxygens (including phenoxy) is 1.